The van der Waals surface area contributed by atoms with E-state index in [1.54, 1.807) is 54.6 Å². The van der Waals surface area contributed by atoms with Crippen molar-refractivity contribution in [3.8, 4) is 17.2 Å². The maximum Gasteiger partial charge on any atom is 0.234 e. The molecule has 1 amide bonds. The van der Waals surface area contributed by atoms with Gasteiger partial charge in [-0.15, -0.1) is 0 Å². The first kappa shape index (κ1) is 23.5. The fourth-order valence-corrected chi connectivity index (χ4v) is 5.38. The van der Waals surface area contributed by atoms with Gasteiger partial charge in [0.25, 0.3) is 0 Å². The van der Waals surface area contributed by atoms with Crippen LogP contribution in [0, 0.1) is 5.82 Å². The molecule has 0 spiro atoms. The molecule has 4 rings (SSSR count). The lowest BCUT2D eigenvalue weighted by Gasteiger charge is -2.09. The van der Waals surface area contributed by atoms with Crippen LogP contribution in [-0.4, -0.2) is 32.2 Å². The summed E-state index contributed by atoms with van der Waals surface area (Å²) in [6, 6.07) is 20.1. The molecule has 0 aliphatic carbocycles. The number of rotatable bonds is 8. The van der Waals surface area contributed by atoms with Gasteiger partial charge < -0.3 is 14.5 Å². The summed E-state index contributed by atoms with van der Waals surface area (Å²) in [7, 11) is -2.64. The standard InChI is InChI=1S/C24H19FN2O5S2/c1-31-20-10-6-5-9-19(20)26-21(28)15-33-24-23(27-22(32-24)16-7-3-2-4-8-16)34(29,30)18-13-11-17(25)12-14-18/h2-14H,15H2,1H3,(H,26,28). The van der Waals surface area contributed by atoms with Crippen LogP contribution < -0.4 is 10.1 Å². The van der Waals surface area contributed by atoms with Crippen molar-refractivity contribution in [2.75, 3.05) is 18.2 Å². The van der Waals surface area contributed by atoms with Crippen LogP contribution in [0.15, 0.2) is 98.3 Å². The zero-order valence-electron chi connectivity index (χ0n) is 17.9. The zero-order chi connectivity index (χ0) is 24.1. The van der Waals surface area contributed by atoms with Gasteiger partial charge in [-0.25, -0.2) is 12.8 Å². The number of methoxy groups -OCH3 is 1. The highest BCUT2D eigenvalue weighted by molar-refractivity contribution is 8.00. The highest BCUT2D eigenvalue weighted by atomic mass is 32.2. The van der Waals surface area contributed by atoms with Crippen LogP contribution in [-0.2, 0) is 14.6 Å². The second-order valence-electron chi connectivity index (χ2n) is 6.97. The van der Waals surface area contributed by atoms with Gasteiger partial charge in [-0.1, -0.05) is 42.1 Å². The van der Waals surface area contributed by atoms with Crippen LogP contribution in [0.4, 0.5) is 10.1 Å². The molecule has 1 N–H and O–H groups in total. The molecular formula is C24H19FN2O5S2. The second-order valence-corrected chi connectivity index (χ2v) is 9.79. The molecule has 10 heteroatoms. The number of thioether (sulfide) groups is 1. The van der Waals surface area contributed by atoms with Crippen molar-refractivity contribution in [3.05, 3.63) is 84.7 Å². The van der Waals surface area contributed by atoms with Crippen LogP contribution in [0.1, 0.15) is 0 Å². The number of carbonyl (C=O) groups is 1. The highest BCUT2D eigenvalue weighted by Crippen LogP contribution is 2.35. The topological polar surface area (TPSA) is 98.5 Å². The molecule has 0 aliphatic heterocycles. The number of sulfone groups is 1. The summed E-state index contributed by atoms with van der Waals surface area (Å²) in [6.45, 7) is 0. The van der Waals surface area contributed by atoms with E-state index < -0.39 is 21.6 Å². The summed E-state index contributed by atoms with van der Waals surface area (Å²) in [5, 5.41) is 2.35. The Morgan fingerprint density at radius 3 is 2.41 bits per heavy atom. The largest absolute Gasteiger partial charge is 0.495 e. The molecule has 0 fully saturated rings. The van der Waals surface area contributed by atoms with E-state index in [1.165, 1.54) is 7.11 Å². The van der Waals surface area contributed by atoms with E-state index in [-0.39, 0.29) is 26.7 Å². The van der Waals surface area contributed by atoms with Crippen molar-refractivity contribution < 1.29 is 26.8 Å². The third-order valence-electron chi connectivity index (χ3n) is 4.68. The number of aromatic nitrogens is 1. The Bertz CT molecular complexity index is 1410. The molecular weight excluding hydrogens is 479 g/mol. The van der Waals surface area contributed by atoms with Crippen molar-refractivity contribution in [1.29, 1.82) is 0 Å². The normalized spacial score (nSPS) is 11.2. The van der Waals surface area contributed by atoms with Gasteiger partial charge in [-0.05, 0) is 48.5 Å². The molecule has 0 bridgehead atoms. The van der Waals surface area contributed by atoms with Crippen LogP contribution in [0.3, 0.4) is 0 Å². The minimum atomic E-state index is -4.14. The molecule has 3 aromatic carbocycles. The fourth-order valence-electron chi connectivity index (χ4n) is 3.05. The Labute approximate surface area is 199 Å². The molecule has 0 atom stereocenters. The number of carbonyl (C=O) groups excluding carboxylic acids is 1. The Morgan fingerprint density at radius 1 is 1.03 bits per heavy atom. The predicted octanol–water partition coefficient (Wildman–Crippen LogP) is 5.05. The molecule has 0 saturated carbocycles. The minimum Gasteiger partial charge on any atom is -0.495 e. The van der Waals surface area contributed by atoms with Gasteiger partial charge in [-0.2, -0.15) is 4.98 Å². The Kier molecular flexibility index (Phi) is 6.99. The number of hydrogen-bond donors (Lipinski definition) is 1. The number of amides is 1. The van der Waals surface area contributed by atoms with Gasteiger partial charge in [-0.3, -0.25) is 4.79 Å². The number of oxazole rings is 1. The molecule has 174 valence electrons. The van der Waals surface area contributed by atoms with Crippen LogP contribution in [0.2, 0.25) is 0 Å². The number of hydrogen-bond acceptors (Lipinski definition) is 7. The van der Waals surface area contributed by atoms with Crippen molar-refractivity contribution >= 4 is 33.2 Å². The zero-order valence-corrected chi connectivity index (χ0v) is 19.5. The van der Waals surface area contributed by atoms with Crippen LogP contribution in [0.5, 0.6) is 5.75 Å². The average Bonchev–Trinajstić information content (AvgIpc) is 3.29. The van der Waals surface area contributed by atoms with Gasteiger partial charge >= 0.3 is 0 Å². The fraction of sp³-hybridized carbons (Fsp3) is 0.0833. The monoisotopic (exact) mass is 498 g/mol. The molecule has 0 aliphatic rings. The number of benzene rings is 3. The van der Waals surface area contributed by atoms with Gasteiger partial charge in [0.1, 0.15) is 11.6 Å². The summed E-state index contributed by atoms with van der Waals surface area (Å²) in [5.74, 6) is -0.516. The van der Waals surface area contributed by atoms with E-state index in [1.807, 2.05) is 0 Å². The molecule has 0 saturated heterocycles. The lowest BCUT2D eigenvalue weighted by atomic mass is 10.2. The highest BCUT2D eigenvalue weighted by Gasteiger charge is 2.29. The SMILES string of the molecule is COc1ccccc1NC(=O)CSc1oc(-c2ccccc2)nc1S(=O)(=O)c1ccc(F)cc1. The molecule has 34 heavy (non-hydrogen) atoms. The van der Waals surface area contributed by atoms with E-state index in [4.69, 9.17) is 9.15 Å². The summed E-state index contributed by atoms with van der Waals surface area (Å²) in [6.07, 6.45) is 0. The molecule has 4 aromatic rings. The quantitative estimate of drug-likeness (QED) is 0.268. The average molecular weight is 499 g/mol. The van der Waals surface area contributed by atoms with Crippen LogP contribution >= 0.6 is 11.8 Å². The predicted molar refractivity (Wildman–Crippen MR) is 126 cm³/mol. The van der Waals surface area contributed by atoms with Crippen molar-refractivity contribution in [1.82, 2.24) is 4.98 Å². The number of nitrogens with one attached hydrogen (secondary N) is 1. The van der Waals surface area contributed by atoms with E-state index in [2.05, 4.69) is 10.3 Å². The van der Waals surface area contributed by atoms with Gasteiger partial charge in [0.05, 0.1) is 23.4 Å². The Hall–Kier alpha value is -3.63. The van der Waals surface area contributed by atoms with E-state index in [9.17, 15) is 17.6 Å². The third-order valence-corrected chi connectivity index (χ3v) is 7.43. The minimum absolute atomic E-state index is 0.0432. The van der Waals surface area contributed by atoms with Crippen LogP contribution in [0.25, 0.3) is 11.5 Å². The lowest BCUT2D eigenvalue weighted by molar-refractivity contribution is -0.113. The smallest absolute Gasteiger partial charge is 0.234 e. The number of halogens is 1. The number of nitrogens with zero attached hydrogens (tertiary/aromatic N) is 1. The first-order valence-electron chi connectivity index (χ1n) is 10.0. The van der Waals surface area contributed by atoms with Gasteiger partial charge in [0.2, 0.25) is 31.8 Å². The van der Waals surface area contributed by atoms with Gasteiger partial charge in [0.15, 0.2) is 0 Å². The first-order valence-corrected chi connectivity index (χ1v) is 12.5. The molecule has 1 heterocycles. The first-order chi connectivity index (χ1) is 16.4. The maximum atomic E-state index is 13.3. The molecule has 1 aromatic heterocycles. The Morgan fingerprint density at radius 2 is 1.71 bits per heavy atom. The summed E-state index contributed by atoms with van der Waals surface area (Å²) in [4.78, 5) is 16.6. The van der Waals surface area contributed by atoms with E-state index in [0.29, 0.717) is 17.0 Å². The van der Waals surface area contributed by atoms with Crippen molar-refractivity contribution in [2.24, 2.45) is 0 Å². The maximum absolute atomic E-state index is 13.3. The summed E-state index contributed by atoms with van der Waals surface area (Å²) < 4.78 is 50.8. The summed E-state index contributed by atoms with van der Waals surface area (Å²) in [5.41, 5.74) is 1.06. The molecule has 0 radical (unpaired) electrons. The third kappa shape index (κ3) is 5.13. The van der Waals surface area contributed by atoms with E-state index >= 15 is 0 Å². The number of para-hydroxylation sites is 2. The molecule has 7 nitrogen and oxygen atoms in total. The Balaban J connectivity index is 1.63. The van der Waals surface area contributed by atoms with Crippen molar-refractivity contribution in [3.63, 3.8) is 0 Å². The summed E-state index contributed by atoms with van der Waals surface area (Å²) >= 11 is 0.893. The second kappa shape index (κ2) is 10.1. The molecule has 0 unspecified atom stereocenters. The van der Waals surface area contributed by atoms with Crippen molar-refractivity contribution in [2.45, 2.75) is 15.0 Å². The van der Waals surface area contributed by atoms with E-state index in [0.717, 1.165) is 36.0 Å². The lowest BCUT2D eigenvalue weighted by Crippen LogP contribution is -2.15. The van der Waals surface area contributed by atoms with Gasteiger partial charge in [0, 0.05) is 5.56 Å². The number of ether oxygens (including phenoxy) is 1. The number of anilines is 1.